The second-order valence-electron chi connectivity index (χ2n) is 5.66. The van der Waals surface area contributed by atoms with Crippen LogP contribution in [0.2, 0.25) is 0 Å². The molecule has 0 bridgehead atoms. The van der Waals surface area contributed by atoms with Gasteiger partial charge >= 0.3 is 0 Å². The lowest BCUT2D eigenvalue weighted by Crippen LogP contribution is -2.42. The van der Waals surface area contributed by atoms with Gasteiger partial charge in [0, 0.05) is 18.0 Å². The van der Waals surface area contributed by atoms with Crippen LogP contribution in [0.15, 0.2) is 6.07 Å². The Labute approximate surface area is 113 Å². The molecular formula is C13H19N5O. The van der Waals surface area contributed by atoms with E-state index >= 15 is 0 Å². The van der Waals surface area contributed by atoms with Crippen LogP contribution in [0.1, 0.15) is 26.6 Å². The van der Waals surface area contributed by atoms with E-state index in [9.17, 15) is 0 Å². The van der Waals surface area contributed by atoms with Gasteiger partial charge in [0.1, 0.15) is 17.5 Å². The SMILES string of the molecule is CC(C)(C)c1nc(N)cc(N2CCOC(C#N)C2)n1. The third-order valence-corrected chi connectivity index (χ3v) is 2.94. The van der Waals surface area contributed by atoms with Crippen LogP contribution in [-0.4, -0.2) is 35.8 Å². The van der Waals surface area contributed by atoms with Gasteiger partial charge < -0.3 is 15.4 Å². The lowest BCUT2D eigenvalue weighted by atomic mass is 9.96. The van der Waals surface area contributed by atoms with Gasteiger partial charge in [-0.15, -0.1) is 0 Å². The van der Waals surface area contributed by atoms with Crippen molar-refractivity contribution in [3.05, 3.63) is 11.9 Å². The van der Waals surface area contributed by atoms with Gasteiger partial charge in [-0.25, -0.2) is 9.97 Å². The van der Waals surface area contributed by atoms with Crippen LogP contribution < -0.4 is 10.6 Å². The largest absolute Gasteiger partial charge is 0.384 e. The molecule has 6 heteroatoms. The maximum absolute atomic E-state index is 8.94. The van der Waals surface area contributed by atoms with Gasteiger partial charge in [0.2, 0.25) is 0 Å². The topological polar surface area (TPSA) is 88.1 Å². The highest BCUT2D eigenvalue weighted by Crippen LogP contribution is 2.24. The van der Waals surface area contributed by atoms with Crippen molar-refractivity contribution in [2.75, 3.05) is 30.3 Å². The summed E-state index contributed by atoms with van der Waals surface area (Å²) in [6.45, 7) is 7.87. The third-order valence-electron chi connectivity index (χ3n) is 2.94. The van der Waals surface area contributed by atoms with Gasteiger partial charge in [-0.3, -0.25) is 0 Å². The Morgan fingerprint density at radius 2 is 2.21 bits per heavy atom. The van der Waals surface area contributed by atoms with Gasteiger partial charge in [0.05, 0.1) is 19.2 Å². The van der Waals surface area contributed by atoms with Crippen LogP contribution in [0.25, 0.3) is 0 Å². The zero-order valence-corrected chi connectivity index (χ0v) is 11.6. The normalized spacial score (nSPS) is 20.1. The molecule has 0 spiro atoms. The Bertz CT molecular complexity index is 503. The molecule has 2 rings (SSSR count). The fourth-order valence-electron chi connectivity index (χ4n) is 1.89. The monoisotopic (exact) mass is 261 g/mol. The summed E-state index contributed by atoms with van der Waals surface area (Å²) in [5, 5.41) is 8.94. The summed E-state index contributed by atoms with van der Waals surface area (Å²) in [5.74, 6) is 1.93. The zero-order chi connectivity index (χ0) is 14.0. The number of nitrogens with two attached hydrogens (primary N) is 1. The fraction of sp³-hybridized carbons (Fsp3) is 0.615. The van der Waals surface area contributed by atoms with Gasteiger partial charge in [-0.05, 0) is 0 Å². The van der Waals surface area contributed by atoms with Gasteiger partial charge in [-0.1, -0.05) is 20.8 Å². The Morgan fingerprint density at radius 1 is 1.47 bits per heavy atom. The Hall–Kier alpha value is -1.87. The Kier molecular flexibility index (Phi) is 3.58. The summed E-state index contributed by atoms with van der Waals surface area (Å²) in [5.41, 5.74) is 5.69. The van der Waals surface area contributed by atoms with Crippen molar-refractivity contribution in [2.24, 2.45) is 0 Å². The van der Waals surface area contributed by atoms with Crippen molar-refractivity contribution in [1.82, 2.24) is 9.97 Å². The molecule has 2 heterocycles. The maximum atomic E-state index is 8.94. The second kappa shape index (κ2) is 5.02. The van der Waals surface area contributed by atoms with Crippen LogP contribution in [0.4, 0.5) is 11.6 Å². The smallest absolute Gasteiger partial charge is 0.161 e. The third kappa shape index (κ3) is 3.12. The molecule has 1 aliphatic rings. The molecular weight excluding hydrogens is 242 g/mol. The van der Waals surface area contributed by atoms with Crippen LogP contribution in [0.3, 0.4) is 0 Å². The average Bonchev–Trinajstić information content (AvgIpc) is 2.37. The molecule has 0 amide bonds. The average molecular weight is 261 g/mol. The van der Waals surface area contributed by atoms with Crippen LogP contribution in [0, 0.1) is 11.3 Å². The number of hydrogen-bond acceptors (Lipinski definition) is 6. The molecule has 1 atom stereocenters. The molecule has 1 fully saturated rings. The molecule has 1 aliphatic heterocycles. The van der Waals surface area contributed by atoms with Crippen molar-refractivity contribution in [3.8, 4) is 6.07 Å². The van der Waals surface area contributed by atoms with Crippen molar-refractivity contribution in [3.63, 3.8) is 0 Å². The minimum Gasteiger partial charge on any atom is -0.384 e. The molecule has 1 aromatic heterocycles. The Balaban J connectivity index is 2.30. The number of morpholine rings is 1. The molecule has 2 N–H and O–H groups in total. The predicted molar refractivity (Wildman–Crippen MR) is 72.7 cm³/mol. The molecule has 0 radical (unpaired) electrons. The molecule has 1 unspecified atom stereocenters. The van der Waals surface area contributed by atoms with E-state index in [1.165, 1.54) is 0 Å². The number of hydrogen-bond donors (Lipinski definition) is 1. The number of ether oxygens (including phenoxy) is 1. The molecule has 0 aromatic carbocycles. The highest BCUT2D eigenvalue weighted by atomic mass is 16.5. The summed E-state index contributed by atoms with van der Waals surface area (Å²) < 4.78 is 5.33. The summed E-state index contributed by atoms with van der Waals surface area (Å²) in [6.07, 6.45) is -0.414. The summed E-state index contributed by atoms with van der Waals surface area (Å²) in [7, 11) is 0. The molecule has 102 valence electrons. The van der Waals surface area contributed by atoms with Crippen LogP contribution >= 0.6 is 0 Å². The summed E-state index contributed by atoms with van der Waals surface area (Å²) in [6, 6.07) is 3.87. The first-order chi connectivity index (χ1) is 8.90. The fourth-order valence-corrected chi connectivity index (χ4v) is 1.89. The van der Waals surface area contributed by atoms with Crippen LogP contribution in [-0.2, 0) is 10.2 Å². The molecule has 1 saturated heterocycles. The molecule has 0 saturated carbocycles. The van der Waals surface area contributed by atoms with E-state index in [1.54, 1.807) is 6.07 Å². The minimum absolute atomic E-state index is 0.162. The number of nitrogen functional groups attached to an aromatic ring is 1. The second-order valence-corrected chi connectivity index (χ2v) is 5.66. The van der Waals surface area contributed by atoms with Crippen molar-refractivity contribution in [2.45, 2.75) is 32.3 Å². The standard InChI is InChI=1S/C13H19N5O/c1-13(2,3)12-16-10(15)6-11(17-12)18-4-5-19-9(7-14)8-18/h6,9H,4-5,8H2,1-3H3,(H2,15,16,17). The molecule has 19 heavy (non-hydrogen) atoms. The number of rotatable bonds is 1. The lowest BCUT2D eigenvalue weighted by molar-refractivity contribution is 0.0761. The van der Waals surface area contributed by atoms with E-state index in [2.05, 4.69) is 16.0 Å². The molecule has 1 aromatic rings. The zero-order valence-electron chi connectivity index (χ0n) is 11.6. The number of anilines is 2. The molecule has 6 nitrogen and oxygen atoms in total. The highest BCUT2D eigenvalue weighted by Gasteiger charge is 2.24. The first-order valence-corrected chi connectivity index (χ1v) is 6.31. The Morgan fingerprint density at radius 3 is 2.84 bits per heavy atom. The first kappa shape index (κ1) is 13.6. The van der Waals surface area contributed by atoms with Crippen molar-refractivity contribution >= 4 is 11.6 Å². The van der Waals surface area contributed by atoms with E-state index in [1.807, 2.05) is 25.7 Å². The van der Waals surface area contributed by atoms with E-state index in [-0.39, 0.29) is 5.41 Å². The van der Waals surface area contributed by atoms with E-state index in [0.717, 1.165) is 5.82 Å². The minimum atomic E-state index is -0.414. The van der Waals surface area contributed by atoms with Crippen molar-refractivity contribution in [1.29, 1.82) is 5.26 Å². The maximum Gasteiger partial charge on any atom is 0.161 e. The van der Waals surface area contributed by atoms with E-state index in [0.29, 0.717) is 31.3 Å². The highest BCUT2D eigenvalue weighted by molar-refractivity contribution is 5.48. The van der Waals surface area contributed by atoms with Gasteiger partial charge in [0.15, 0.2) is 6.10 Å². The van der Waals surface area contributed by atoms with Crippen LogP contribution in [0.5, 0.6) is 0 Å². The summed E-state index contributed by atoms with van der Waals surface area (Å²) in [4.78, 5) is 10.9. The van der Waals surface area contributed by atoms with Crippen molar-refractivity contribution < 1.29 is 4.74 Å². The molecule has 0 aliphatic carbocycles. The first-order valence-electron chi connectivity index (χ1n) is 6.31. The number of aromatic nitrogens is 2. The lowest BCUT2D eigenvalue weighted by Gasteiger charge is -2.31. The van der Waals surface area contributed by atoms with E-state index in [4.69, 9.17) is 15.7 Å². The number of nitrogens with zero attached hydrogens (tertiary/aromatic N) is 4. The number of nitriles is 1. The predicted octanol–water partition coefficient (Wildman–Crippen LogP) is 1.09. The van der Waals surface area contributed by atoms with Gasteiger partial charge in [-0.2, -0.15) is 5.26 Å². The quantitative estimate of drug-likeness (QED) is 0.814. The van der Waals surface area contributed by atoms with E-state index < -0.39 is 6.10 Å². The summed E-state index contributed by atoms with van der Waals surface area (Å²) >= 11 is 0. The van der Waals surface area contributed by atoms with Gasteiger partial charge in [0.25, 0.3) is 0 Å².